The molecule has 0 fully saturated rings. The van der Waals surface area contributed by atoms with Gasteiger partial charge in [-0.2, -0.15) is 0 Å². The third-order valence-electron chi connectivity index (χ3n) is 6.62. The van der Waals surface area contributed by atoms with Crippen molar-refractivity contribution < 1.29 is 19.4 Å². The van der Waals surface area contributed by atoms with Gasteiger partial charge in [0.05, 0.1) is 6.61 Å². The van der Waals surface area contributed by atoms with E-state index in [4.69, 9.17) is 19.6 Å². The highest BCUT2D eigenvalue weighted by molar-refractivity contribution is 9.10. The Morgan fingerprint density at radius 2 is 1.71 bits per heavy atom. The highest BCUT2D eigenvalue weighted by Gasteiger charge is 2.50. The molecule has 1 amide bonds. The fraction of sp³-hybridized carbons (Fsp3) is 0.333. The van der Waals surface area contributed by atoms with Gasteiger partial charge in [0.1, 0.15) is 11.9 Å². The molecule has 0 aromatic heterocycles. The molecule has 0 aliphatic carbocycles. The molecule has 2 atom stereocenters. The van der Waals surface area contributed by atoms with Gasteiger partial charge in [-0.3, -0.25) is 4.79 Å². The molecule has 0 saturated carbocycles. The van der Waals surface area contributed by atoms with Crippen LogP contribution in [0.4, 0.5) is 5.69 Å². The summed E-state index contributed by atoms with van der Waals surface area (Å²) in [6, 6.07) is 23.5. The minimum atomic E-state index is -1.12. The Hall–Kier alpha value is -3.36. The highest BCUT2D eigenvalue weighted by atomic mass is 79.9. The molecule has 3 aromatic carbocycles. The lowest BCUT2D eigenvalue weighted by atomic mass is 9.86. The van der Waals surface area contributed by atoms with E-state index in [1.807, 2.05) is 98.7 Å². The van der Waals surface area contributed by atoms with Crippen molar-refractivity contribution in [1.29, 1.82) is 0 Å². The molecule has 0 radical (unpaired) electrons. The van der Waals surface area contributed by atoms with Crippen LogP contribution in [0.1, 0.15) is 30.0 Å². The molecule has 1 aliphatic heterocycles. The number of aliphatic imine (C=N–C) groups is 1. The van der Waals surface area contributed by atoms with Gasteiger partial charge < -0.3 is 24.8 Å². The van der Waals surface area contributed by atoms with Crippen LogP contribution in [-0.2, 0) is 22.5 Å². The number of hydrogen-bond acceptors (Lipinski definition) is 6. The lowest BCUT2D eigenvalue weighted by molar-refractivity contribution is -0.128. The second-order valence-electron chi connectivity index (χ2n) is 9.60. The lowest BCUT2D eigenvalue weighted by Crippen LogP contribution is -2.52. The number of rotatable bonds is 11. The summed E-state index contributed by atoms with van der Waals surface area (Å²) in [5.74, 6) is 0.957. The number of nitrogens with zero attached hydrogens (tertiary/aromatic N) is 2. The van der Waals surface area contributed by atoms with Crippen LogP contribution in [0.2, 0.25) is 0 Å². The second kappa shape index (κ2) is 12.5. The zero-order chi connectivity index (χ0) is 27.1. The van der Waals surface area contributed by atoms with Crippen molar-refractivity contribution in [3.8, 4) is 5.75 Å². The molecule has 3 aromatic rings. The molecular formula is C30H34BrN3O4. The number of anilines is 1. The predicted molar refractivity (Wildman–Crippen MR) is 154 cm³/mol. The quantitative estimate of drug-likeness (QED) is 0.321. The summed E-state index contributed by atoms with van der Waals surface area (Å²) in [7, 11) is 4.00. The zero-order valence-corrected chi connectivity index (χ0v) is 23.6. The van der Waals surface area contributed by atoms with E-state index in [1.54, 1.807) is 0 Å². The smallest absolute Gasteiger partial charge is 0.252 e. The number of hydrogen-bond donors (Lipinski definition) is 2. The third-order valence-corrected chi connectivity index (χ3v) is 7.15. The van der Waals surface area contributed by atoms with E-state index in [0.29, 0.717) is 37.6 Å². The fourth-order valence-electron chi connectivity index (χ4n) is 4.30. The summed E-state index contributed by atoms with van der Waals surface area (Å²) < 4.78 is 12.8. The van der Waals surface area contributed by atoms with Gasteiger partial charge in [0.25, 0.3) is 5.91 Å². The maximum absolute atomic E-state index is 13.8. The van der Waals surface area contributed by atoms with Crippen molar-refractivity contribution in [2.45, 2.75) is 38.0 Å². The van der Waals surface area contributed by atoms with Crippen LogP contribution in [0, 0.1) is 0 Å². The first-order chi connectivity index (χ1) is 18.3. The Morgan fingerprint density at radius 3 is 2.34 bits per heavy atom. The molecule has 1 heterocycles. The van der Waals surface area contributed by atoms with Gasteiger partial charge in [-0.25, -0.2) is 4.99 Å². The predicted octanol–water partition coefficient (Wildman–Crippen LogP) is 4.74. The van der Waals surface area contributed by atoms with Crippen LogP contribution < -0.4 is 15.0 Å². The van der Waals surface area contributed by atoms with Crippen molar-refractivity contribution >= 4 is 33.4 Å². The number of aliphatic hydroxyl groups is 1. The molecule has 0 saturated heterocycles. The van der Waals surface area contributed by atoms with Gasteiger partial charge in [-0.15, -0.1) is 0 Å². The average molecular weight is 581 g/mol. The number of aliphatic hydroxyl groups excluding tert-OH is 1. The van der Waals surface area contributed by atoms with Crippen LogP contribution in [0.15, 0.2) is 82.3 Å². The first-order valence-electron chi connectivity index (χ1n) is 12.7. The molecule has 38 heavy (non-hydrogen) atoms. The third kappa shape index (κ3) is 6.55. The van der Waals surface area contributed by atoms with E-state index in [0.717, 1.165) is 26.9 Å². The van der Waals surface area contributed by atoms with Gasteiger partial charge in [-0.1, -0.05) is 40.2 Å². The molecule has 1 aliphatic rings. The van der Waals surface area contributed by atoms with E-state index >= 15 is 0 Å². The summed E-state index contributed by atoms with van der Waals surface area (Å²) in [6.07, 6.45) is 0.499. The van der Waals surface area contributed by atoms with E-state index in [9.17, 15) is 4.79 Å². The molecule has 0 bridgehead atoms. The maximum atomic E-state index is 13.8. The fourth-order valence-corrected chi connectivity index (χ4v) is 4.57. The largest absolute Gasteiger partial charge is 0.494 e. The van der Waals surface area contributed by atoms with Crippen LogP contribution in [-0.4, -0.2) is 55.9 Å². The summed E-state index contributed by atoms with van der Waals surface area (Å²) in [6.45, 7) is 2.82. The normalized spacial score (nSPS) is 18.4. The van der Waals surface area contributed by atoms with Crippen molar-refractivity contribution in [3.05, 3.63) is 94.0 Å². The van der Waals surface area contributed by atoms with E-state index in [2.05, 4.69) is 21.2 Å². The zero-order valence-electron chi connectivity index (χ0n) is 22.0. The minimum Gasteiger partial charge on any atom is -0.494 e. The maximum Gasteiger partial charge on any atom is 0.252 e. The molecule has 7 nitrogen and oxygen atoms in total. The topological polar surface area (TPSA) is 83.4 Å². The Kier molecular flexibility index (Phi) is 9.07. The number of carbonyl (C=O) groups excluding carboxylic acids is 1. The van der Waals surface area contributed by atoms with Crippen LogP contribution >= 0.6 is 15.9 Å². The number of nitrogens with one attached hydrogen (secondary N) is 1. The summed E-state index contributed by atoms with van der Waals surface area (Å²) in [5.41, 5.74) is 2.75. The van der Waals surface area contributed by atoms with Gasteiger partial charge in [-0.05, 0) is 66.6 Å². The van der Waals surface area contributed by atoms with Crippen molar-refractivity contribution in [2.75, 3.05) is 32.2 Å². The molecule has 4 rings (SSSR count). The van der Waals surface area contributed by atoms with Gasteiger partial charge in [0, 0.05) is 55.8 Å². The Morgan fingerprint density at radius 1 is 1.05 bits per heavy atom. The number of amides is 1. The van der Waals surface area contributed by atoms with Crippen LogP contribution in [0.5, 0.6) is 5.75 Å². The number of carbonyl (C=O) groups is 1. The van der Waals surface area contributed by atoms with Crippen molar-refractivity contribution in [3.63, 3.8) is 0 Å². The number of ether oxygens (including phenoxy) is 2. The number of benzene rings is 3. The van der Waals surface area contributed by atoms with Gasteiger partial charge in [0.15, 0.2) is 5.54 Å². The second-order valence-corrected chi connectivity index (χ2v) is 10.5. The first-order valence-corrected chi connectivity index (χ1v) is 13.5. The Bertz CT molecular complexity index is 1240. The van der Waals surface area contributed by atoms with E-state index in [1.165, 1.54) is 0 Å². The van der Waals surface area contributed by atoms with Crippen LogP contribution in [0.25, 0.3) is 0 Å². The highest BCUT2D eigenvalue weighted by Crippen LogP contribution is 2.33. The standard InChI is InChI=1S/C30H34BrN3O4/c1-21-30(19-22-5-11-25(31)12-6-22,29(36)32-20-23-7-13-26(14-8-23)34(2)3)33-28(38-21)24-9-15-27(16-10-24)37-18-4-17-35/h5-16,21,35H,4,17-20H2,1-3H3,(H,32,36)/t21-,30-/m1/s1. The Balaban J connectivity index is 1.58. The van der Waals surface area contributed by atoms with Crippen molar-refractivity contribution in [1.82, 2.24) is 5.32 Å². The van der Waals surface area contributed by atoms with Gasteiger partial charge in [0.2, 0.25) is 5.90 Å². The molecule has 8 heteroatoms. The monoisotopic (exact) mass is 579 g/mol. The lowest BCUT2D eigenvalue weighted by Gasteiger charge is -2.28. The molecule has 2 N–H and O–H groups in total. The average Bonchev–Trinajstić information content (AvgIpc) is 3.26. The number of halogens is 1. The van der Waals surface area contributed by atoms with E-state index < -0.39 is 11.6 Å². The molecule has 200 valence electrons. The van der Waals surface area contributed by atoms with Gasteiger partial charge >= 0.3 is 0 Å². The molecule has 0 spiro atoms. The Labute approximate surface area is 232 Å². The molecule has 0 unspecified atom stereocenters. The minimum absolute atomic E-state index is 0.0878. The summed E-state index contributed by atoms with van der Waals surface area (Å²) in [4.78, 5) is 20.8. The van der Waals surface area contributed by atoms with Crippen LogP contribution in [0.3, 0.4) is 0 Å². The first kappa shape index (κ1) is 27.7. The van der Waals surface area contributed by atoms with E-state index in [-0.39, 0.29) is 12.5 Å². The summed E-state index contributed by atoms with van der Waals surface area (Å²) in [5, 5.41) is 12.1. The SMILES string of the molecule is C[C@H]1OC(c2ccc(OCCCO)cc2)=N[C@@]1(Cc1ccc(Br)cc1)C(=O)NCc1ccc(N(C)C)cc1. The molecular weight excluding hydrogens is 546 g/mol. The summed E-state index contributed by atoms with van der Waals surface area (Å²) >= 11 is 3.49. The van der Waals surface area contributed by atoms with Crippen molar-refractivity contribution in [2.24, 2.45) is 4.99 Å².